The zero-order chi connectivity index (χ0) is 22.9. The van der Waals surface area contributed by atoms with E-state index in [4.69, 9.17) is 32.6 Å². The molecule has 8 heteroatoms. The van der Waals surface area contributed by atoms with Crippen LogP contribution in [-0.2, 0) is 0 Å². The summed E-state index contributed by atoms with van der Waals surface area (Å²) in [6.07, 6.45) is 7.05. The summed E-state index contributed by atoms with van der Waals surface area (Å²) < 4.78 is 8.19. The van der Waals surface area contributed by atoms with E-state index in [1.54, 1.807) is 30.5 Å². The zero-order valence-corrected chi connectivity index (χ0v) is 20.7. The Hall–Kier alpha value is -2.41. The standard InChI is InChI=1S/C25H20BrCl2N3O2/c26-17-7-10-22-19(13-17)25(32)31(24(30-22)15-4-2-1-3-5-15)29-14-18-8-11-23(33-18)16-6-9-20(27)21(28)12-16/h6-15H,1-5H2. The van der Waals surface area contributed by atoms with Crippen LogP contribution in [0, 0.1) is 0 Å². The molecular formula is C25H20BrCl2N3O2. The van der Waals surface area contributed by atoms with Gasteiger partial charge in [-0.05, 0) is 61.4 Å². The lowest BCUT2D eigenvalue weighted by molar-refractivity contribution is 0.416. The first kappa shape index (κ1) is 22.4. The second-order valence-corrected chi connectivity index (χ2v) is 9.89. The van der Waals surface area contributed by atoms with Gasteiger partial charge in [-0.1, -0.05) is 58.4 Å². The van der Waals surface area contributed by atoms with Crippen molar-refractivity contribution in [3.63, 3.8) is 0 Å². The van der Waals surface area contributed by atoms with Gasteiger partial charge in [-0.15, -0.1) is 0 Å². The van der Waals surface area contributed by atoms with Crippen LogP contribution in [0.25, 0.3) is 22.2 Å². The summed E-state index contributed by atoms with van der Waals surface area (Å²) >= 11 is 15.6. The van der Waals surface area contributed by atoms with Gasteiger partial charge >= 0.3 is 0 Å². The largest absolute Gasteiger partial charge is 0.455 e. The van der Waals surface area contributed by atoms with E-state index in [1.807, 2.05) is 24.3 Å². The van der Waals surface area contributed by atoms with E-state index in [9.17, 15) is 4.79 Å². The molecule has 0 bridgehead atoms. The molecule has 33 heavy (non-hydrogen) atoms. The number of fused-ring (bicyclic) bond motifs is 1. The SMILES string of the molecule is O=c1c2cc(Br)ccc2nc(C2CCCCC2)n1N=Cc1ccc(-c2ccc(Cl)c(Cl)c2)o1. The quantitative estimate of drug-likeness (QED) is 0.248. The maximum absolute atomic E-state index is 13.4. The molecule has 1 saturated carbocycles. The minimum Gasteiger partial charge on any atom is -0.455 e. The smallest absolute Gasteiger partial charge is 0.282 e. The van der Waals surface area contributed by atoms with Crippen LogP contribution in [0.2, 0.25) is 10.0 Å². The molecule has 0 spiro atoms. The van der Waals surface area contributed by atoms with Crippen molar-refractivity contribution in [2.45, 2.75) is 38.0 Å². The van der Waals surface area contributed by atoms with Crippen molar-refractivity contribution in [3.05, 3.63) is 85.0 Å². The van der Waals surface area contributed by atoms with Crippen LogP contribution in [0.1, 0.15) is 49.6 Å². The maximum atomic E-state index is 13.4. The van der Waals surface area contributed by atoms with Gasteiger partial charge in [0.25, 0.3) is 5.56 Å². The van der Waals surface area contributed by atoms with E-state index in [1.165, 1.54) is 11.1 Å². The zero-order valence-electron chi connectivity index (χ0n) is 17.6. The molecule has 0 amide bonds. The van der Waals surface area contributed by atoms with Crippen LogP contribution in [0.4, 0.5) is 0 Å². The van der Waals surface area contributed by atoms with E-state index in [0.29, 0.717) is 38.3 Å². The fourth-order valence-electron chi connectivity index (χ4n) is 4.24. The molecule has 1 aliphatic rings. The lowest BCUT2D eigenvalue weighted by Crippen LogP contribution is -2.25. The lowest BCUT2D eigenvalue weighted by Gasteiger charge is -2.22. The first-order valence-electron chi connectivity index (χ1n) is 10.8. The van der Waals surface area contributed by atoms with Crippen LogP contribution >= 0.6 is 39.1 Å². The van der Waals surface area contributed by atoms with Crippen LogP contribution < -0.4 is 5.56 Å². The van der Waals surface area contributed by atoms with E-state index in [0.717, 1.165) is 35.7 Å². The van der Waals surface area contributed by atoms with Gasteiger partial charge in [0, 0.05) is 16.0 Å². The van der Waals surface area contributed by atoms with Crippen LogP contribution in [0.15, 0.2) is 67.3 Å². The minimum atomic E-state index is -0.186. The molecule has 0 radical (unpaired) electrons. The lowest BCUT2D eigenvalue weighted by atomic mass is 9.88. The van der Waals surface area contributed by atoms with Gasteiger partial charge in [-0.2, -0.15) is 9.78 Å². The predicted molar refractivity (Wildman–Crippen MR) is 137 cm³/mol. The maximum Gasteiger partial charge on any atom is 0.282 e. The summed E-state index contributed by atoms with van der Waals surface area (Å²) in [5.74, 6) is 2.07. The molecule has 5 nitrogen and oxygen atoms in total. The molecule has 2 heterocycles. The highest BCUT2D eigenvalue weighted by Crippen LogP contribution is 2.32. The van der Waals surface area contributed by atoms with Crippen LogP contribution in [0.3, 0.4) is 0 Å². The first-order valence-corrected chi connectivity index (χ1v) is 12.4. The number of hydrogen-bond donors (Lipinski definition) is 0. The summed E-state index contributed by atoms with van der Waals surface area (Å²) in [5.41, 5.74) is 1.31. The number of rotatable bonds is 4. The van der Waals surface area contributed by atoms with Crippen molar-refractivity contribution in [3.8, 4) is 11.3 Å². The Bertz CT molecular complexity index is 1420. The van der Waals surface area contributed by atoms with Crippen molar-refractivity contribution >= 4 is 56.2 Å². The summed E-state index contributed by atoms with van der Waals surface area (Å²) in [6, 6.07) is 14.5. The van der Waals surface area contributed by atoms with E-state index >= 15 is 0 Å². The van der Waals surface area contributed by atoms with Crippen molar-refractivity contribution in [2.24, 2.45) is 5.10 Å². The highest BCUT2D eigenvalue weighted by atomic mass is 79.9. The number of aromatic nitrogens is 2. The number of benzene rings is 2. The van der Waals surface area contributed by atoms with Gasteiger partial charge in [0.2, 0.25) is 0 Å². The molecule has 0 aliphatic heterocycles. The molecule has 0 saturated heterocycles. The Kier molecular flexibility index (Phi) is 6.41. The summed E-state index contributed by atoms with van der Waals surface area (Å²) in [5, 5.41) is 6.00. The molecule has 0 atom stereocenters. The Morgan fingerprint density at radius 2 is 1.85 bits per heavy atom. The molecule has 2 aromatic carbocycles. The second-order valence-electron chi connectivity index (χ2n) is 8.16. The molecule has 2 aromatic heterocycles. The molecule has 1 aliphatic carbocycles. The number of halogens is 3. The Balaban J connectivity index is 1.55. The second kappa shape index (κ2) is 9.45. The average Bonchev–Trinajstić information content (AvgIpc) is 3.30. The molecule has 0 unspecified atom stereocenters. The Labute approximate surface area is 209 Å². The van der Waals surface area contributed by atoms with Gasteiger partial charge in [0.1, 0.15) is 17.3 Å². The molecular weight excluding hydrogens is 525 g/mol. The van der Waals surface area contributed by atoms with Crippen molar-refractivity contribution in [2.75, 3.05) is 0 Å². The van der Waals surface area contributed by atoms with Crippen LogP contribution in [-0.4, -0.2) is 15.9 Å². The topological polar surface area (TPSA) is 60.4 Å². The normalized spacial score (nSPS) is 15.0. The van der Waals surface area contributed by atoms with Crippen molar-refractivity contribution in [1.82, 2.24) is 9.66 Å². The predicted octanol–water partition coefficient (Wildman–Crippen LogP) is 7.66. The fourth-order valence-corrected chi connectivity index (χ4v) is 4.90. The van der Waals surface area contributed by atoms with Gasteiger partial charge in [0.15, 0.2) is 0 Å². The van der Waals surface area contributed by atoms with Gasteiger partial charge in [0.05, 0.1) is 27.2 Å². The Morgan fingerprint density at radius 1 is 1.03 bits per heavy atom. The van der Waals surface area contributed by atoms with Crippen molar-refractivity contribution in [1.29, 1.82) is 0 Å². The van der Waals surface area contributed by atoms with E-state index < -0.39 is 0 Å². The molecule has 4 aromatic rings. The first-order chi connectivity index (χ1) is 16.0. The van der Waals surface area contributed by atoms with Gasteiger partial charge in [-0.3, -0.25) is 4.79 Å². The van der Waals surface area contributed by atoms with Gasteiger partial charge < -0.3 is 4.42 Å². The third-order valence-corrected chi connectivity index (χ3v) is 7.17. The highest BCUT2D eigenvalue weighted by Gasteiger charge is 2.22. The third-order valence-electron chi connectivity index (χ3n) is 5.94. The number of hydrogen-bond acceptors (Lipinski definition) is 4. The third kappa shape index (κ3) is 4.65. The highest BCUT2D eigenvalue weighted by molar-refractivity contribution is 9.10. The number of nitrogens with zero attached hydrogens (tertiary/aromatic N) is 3. The summed E-state index contributed by atoms with van der Waals surface area (Å²) in [4.78, 5) is 18.2. The van der Waals surface area contributed by atoms with Crippen molar-refractivity contribution < 1.29 is 4.42 Å². The molecule has 1 fully saturated rings. The van der Waals surface area contributed by atoms with E-state index in [-0.39, 0.29) is 11.5 Å². The molecule has 168 valence electrons. The number of furan rings is 1. The van der Waals surface area contributed by atoms with E-state index in [2.05, 4.69) is 21.0 Å². The monoisotopic (exact) mass is 543 g/mol. The molecule has 5 rings (SSSR count). The van der Waals surface area contributed by atoms with Gasteiger partial charge in [-0.25, -0.2) is 4.98 Å². The Morgan fingerprint density at radius 3 is 2.64 bits per heavy atom. The fraction of sp³-hybridized carbons (Fsp3) is 0.240. The molecule has 0 N–H and O–H groups in total. The summed E-state index contributed by atoms with van der Waals surface area (Å²) in [7, 11) is 0. The average molecular weight is 545 g/mol. The minimum absolute atomic E-state index is 0.186. The van der Waals surface area contributed by atoms with Crippen LogP contribution in [0.5, 0.6) is 0 Å². The summed E-state index contributed by atoms with van der Waals surface area (Å²) in [6.45, 7) is 0.